The number of ether oxygens (including phenoxy) is 1. The Labute approximate surface area is 190 Å². The molecule has 0 unspecified atom stereocenters. The van der Waals surface area contributed by atoms with Crippen LogP contribution in [0.5, 0.6) is 5.75 Å². The number of nitrogens with one attached hydrogen (secondary N) is 1. The molecule has 1 saturated heterocycles. The van der Waals surface area contributed by atoms with Crippen molar-refractivity contribution < 1.29 is 22.7 Å². The first-order chi connectivity index (χ1) is 15.9. The molecule has 9 heteroatoms. The maximum atomic E-state index is 12.7. The molecule has 0 radical (unpaired) electrons. The van der Waals surface area contributed by atoms with Gasteiger partial charge in [-0.05, 0) is 60.9 Å². The molecule has 3 heterocycles. The van der Waals surface area contributed by atoms with Crippen LogP contribution in [0.2, 0.25) is 0 Å². The Kier molecular flexibility index (Phi) is 6.98. The number of hydrogen-bond acceptors (Lipinski definition) is 4. The zero-order valence-electron chi connectivity index (χ0n) is 18.0. The SMILES string of the molecule is O=C(COc1cccnc1)NC1CCN(Cc2ccn(-c3ccc(C(F)(F)F)cc3)c2)CC1. The Morgan fingerprint density at radius 3 is 2.55 bits per heavy atom. The number of pyridine rings is 1. The van der Waals surface area contributed by atoms with Crippen LogP contribution in [0.1, 0.15) is 24.0 Å². The Morgan fingerprint density at radius 2 is 1.88 bits per heavy atom. The monoisotopic (exact) mass is 458 g/mol. The minimum Gasteiger partial charge on any atom is -0.482 e. The standard InChI is InChI=1S/C24H25F3N4O2/c25-24(26,27)19-3-5-21(6-4-19)31-13-7-18(16-31)15-30-11-8-20(9-12-30)29-23(32)17-33-22-2-1-10-28-14-22/h1-7,10,13-14,16,20H,8-9,11-12,15,17H2,(H,29,32). The van der Waals surface area contributed by atoms with Crippen molar-refractivity contribution in [2.24, 2.45) is 0 Å². The maximum Gasteiger partial charge on any atom is 0.416 e. The molecular formula is C24H25F3N4O2. The number of piperidine rings is 1. The van der Waals surface area contributed by atoms with Crippen molar-refractivity contribution in [3.05, 3.63) is 78.4 Å². The molecule has 0 saturated carbocycles. The van der Waals surface area contributed by atoms with Crippen LogP contribution >= 0.6 is 0 Å². The van der Waals surface area contributed by atoms with E-state index in [9.17, 15) is 18.0 Å². The second-order valence-corrected chi connectivity index (χ2v) is 8.07. The number of hydrogen-bond donors (Lipinski definition) is 1. The van der Waals surface area contributed by atoms with Crippen molar-refractivity contribution in [3.63, 3.8) is 0 Å². The van der Waals surface area contributed by atoms with Crippen LogP contribution in [0, 0.1) is 0 Å². The number of alkyl halides is 3. The number of carbonyl (C=O) groups excluding carboxylic acids is 1. The molecule has 2 aromatic heterocycles. The van der Waals surface area contributed by atoms with E-state index in [4.69, 9.17) is 4.74 Å². The van der Waals surface area contributed by atoms with Gasteiger partial charge in [-0.25, -0.2) is 0 Å². The number of nitrogens with zero attached hydrogens (tertiary/aromatic N) is 3. The third-order valence-electron chi connectivity index (χ3n) is 5.61. The number of rotatable bonds is 7. The molecule has 1 aliphatic heterocycles. The maximum absolute atomic E-state index is 12.7. The van der Waals surface area contributed by atoms with E-state index in [2.05, 4.69) is 15.2 Å². The molecule has 1 amide bonds. The lowest BCUT2D eigenvalue weighted by Crippen LogP contribution is -2.45. The number of likely N-dealkylation sites (tertiary alicyclic amines) is 1. The predicted molar refractivity (Wildman–Crippen MR) is 117 cm³/mol. The summed E-state index contributed by atoms with van der Waals surface area (Å²) in [7, 11) is 0. The first-order valence-corrected chi connectivity index (χ1v) is 10.8. The normalized spacial score (nSPS) is 15.4. The van der Waals surface area contributed by atoms with Crippen molar-refractivity contribution in [3.8, 4) is 11.4 Å². The highest BCUT2D eigenvalue weighted by Crippen LogP contribution is 2.29. The molecule has 6 nitrogen and oxygen atoms in total. The van der Waals surface area contributed by atoms with Gasteiger partial charge in [0.2, 0.25) is 0 Å². The summed E-state index contributed by atoms with van der Waals surface area (Å²) < 4.78 is 45.5. The lowest BCUT2D eigenvalue weighted by atomic mass is 10.0. The van der Waals surface area contributed by atoms with Gasteiger partial charge in [-0.2, -0.15) is 13.2 Å². The van der Waals surface area contributed by atoms with E-state index < -0.39 is 11.7 Å². The summed E-state index contributed by atoms with van der Waals surface area (Å²) in [6.07, 6.45) is 4.36. The second-order valence-electron chi connectivity index (χ2n) is 8.07. The van der Waals surface area contributed by atoms with Crippen LogP contribution in [0.3, 0.4) is 0 Å². The van der Waals surface area contributed by atoms with Gasteiger partial charge in [0.25, 0.3) is 5.91 Å². The third kappa shape index (κ3) is 6.35. The highest BCUT2D eigenvalue weighted by atomic mass is 19.4. The van der Waals surface area contributed by atoms with Gasteiger partial charge >= 0.3 is 6.18 Å². The van der Waals surface area contributed by atoms with Crippen LogP contribution in [-0.4, -0.2) is 46.1 Å². The fourth-order valence-corrected chi connectivity index (χ4v) is 3.86. The second kappa shape index (κ2) is 10.1. The number of carbonyl (C=O) groups is 1. The topological polar surface area (TPSA) is 59.4 Å². The number of aromatic nitrogens is 2. The van der Waals surface area contributed by atoms with E-state index in [1.54, 1.807) is 24.5 Å². The quantitative estimate of drug-likeness (QED) is 0.581. The summed E-state index contributed by atoms with van der Waals surface area (Å²) in [6, 6.07) is 10.7. The first-order valence-electron chi connectivity index (χ1n) is 10.8. The molecule has 0 atom stereocenters. The number of amides is 1. The number of benzene rings is 1. The molecule has 0 aliphatic carbocycles. The van der Waals surface area contributed by atoms with Crippen molar-refractivity contribution in [1.82, 2.24) is 19.8 Å². The summed E-state index contributed by atoms with van der Waals surface area (Å²) in [5, 5.41) is 3.02. The van der Waals surface area contributed by atoms with Gasteiger partial charge < -0.3 is 14.6 Å². The zero-order valence-corrected chi connectivity index (χ0v) is 18.0. The minimum absolute atomic E-state index is 0.0383. The van der Waals surface area contributed by atoms with Gasteiger partial charge in [0, 0.05) is 50.0 Å². The third-order valence-corrected chi connectivity index (χ3v) is 5.61. The summed E-state index contributed by atoms with van der Waals surface area (Å²) >= 11 is 0. The van der Waals surface area contributed by atoms with E-state index in [1.807, 2.05) is 23.0 Å². The van der Waals surface area contributed by atoms with Crippen molar-refractivity contribution in [2.45, 2.75) is 31.6 Å². The van der Waals surface area contributed by atoms with Gasteiger partial charge in [0.1, 0.15) is 5.75 Å². The van der Waals surface area contributed by atoms with E-state index in [-0.39, 0.29) is 18.6 Å². The fraction of sp³-hybridized carbons (Fsp3) is 0.333. The molecular weight excluding hydrogens is 433 g/mol. The van der Waals surface area contributed by atoms with E-state index in [0.29, 0.717) is 11.4 Å². The van der Waals surface area contributed by atoms with Gasteiger partial charge in [-0.15, -0.1) is 0 Å². The van der Waals surface area contributed by atoms with Crippen molar-refractivity contribution >= 4 is 5.91 Å². The van der Waals surface area contributed by atoms with Gasteiger partial charge in [-0.3, -0.25) is 14.7 Å². The van der Waals surface area contributed by atoms with Crippen molar-refractivity contribution in [2.75, 3.05) is 19.7 Å². The fourth-order valence-electron chi connectivity index (χ4n) is 3.86. The minimum atomic E-state index is -4.33. The molecule has 174 valence electrons. The molecule has 0 bridgehead atoms. The number of halogens is 3. The highest BCUT2D eigenvalue weighted by molar-refractivity contribution is 5.77. The summed E-state index contributed by atoms with van der Waals surface area (Å²) in [5.74, 6) is 0.414. The molecule has 0 spiro atoms. The average molecular weight is 458 g/mol. The first kappa shape index (κ1) is 22.8. The average Bonchev–Trinajstić information content (AvgIpc) is 3.28. The Morgan fingerprint density at radius 1 is 1.12 bits per heavy atom. The van der Waals surface area contributed by atoms with Crippen LogP contribution in [0.15, 0.2) is 67.3 Å². The van der Waals surface area contributed by atoms with Gasteiger partial charge in [0.05, 0.1) is 11.8 Å². The van der Waals surface area contributed by atoms with Crippen LogP contribution < -0.4 is 10.1 Å². The zero-order chi connectivity index (χ0) is 23.3. The summed E-state index contributed by atoms with van der Waals surface area (Å²) in [6.45, 7) is 2.40. The summed E-state index contributed by atoms with van der Waals surface area (Å²) in [4.78, 5) is 18.4. The molecule has 1 fully saturated rings. The van der Waals surface area contributed by atoms with E-state index in [1.165, 1.54) is 12.1 Å². The van der Waals surface area contributed by atoms with E-state index in [0.717, 1.165) is 50.2 Å². The molecule has 1 aromatic carbocycles. The predicted octanol–water partition coefficient (Wildman–Crippen LogP) is 4.05. The van der Waals surface area contributed by atoms with E-state index >= 15 is 0 Å². The Balaban J connectivity index is 1.22. The molecule has 1 aliphatic rings. The lowest BCUT2D eigenvalue weighted by Gasteiger charge is -2.32. The molecule has 3 aromatic rings. The summed E-state index contributed by atoms with van der Waals surface area (Å²) in [5.41, 5.74) is 1.11. The molecule has 1 N–H and O–H groups in total. The van der Waals surface area contributed by atoms with Gasteiger partial charge in [0.15, 0.2) is 6.61 Å². The van der Waals surface area contributed by atoms with Crippen molar-refractivity contribution in [1.29, 1.82) is 0 Å². The Hall–Kier alpha value is -3.33. The lowest BCUT2D eigenvalue weighted by molar-refractivity contribution is -0.137. The van der Waals surface area contributed by atoms with Gasteiger partial charge in [-0.1, -0.05) is 0 Å². The molecule has 33 heavy (non-hydrogen) atoms. The smallest absolute Gasteiger partial charge is 0.416 e. The van der Waals surface area contributed by atoms with Crippen LogP contribution in [-0.2, 0) is 17.5 Å². The Bertz CT molecular complexity index is 1040. The largest absolute Gasteiger partial charge is 0.482 e. The highest BCUT2D eigenvalue weighted by Gasteiger charge is 2.30. The van der Waals surface area contributed by atoms with Crippen LogP contribution in [0.4, 0.5) is 13.2 Å². The molecule has 4 rings (SSSR count). The van der Waals surface area contributed by atoms with Crippen LogP contribution in [0.25, 0.3) is 5.69 Å².